The molecule has 1 spiro atoms. The van der Waals surface area contributed by atoms with Crippen LogP contribution in [-0.2, 0) is 9.59 Å². The number of likely N-dealkylation sites (tertiary alicyclic amines) is 2. The van der Waals surface area contributed by atoms with Gasteiger partial charge in [-0.2, -0.15) is 0 Å². The van der Waals surface area contributed by atoms with E-state index in [0.29, 0.717) is 56.4 Å². The van der Waals surface area contributed by atoms with E-state index in [4.69, 9.17) is 16.9 Å². The van der Waals surface area contributed by atoms with Crippen LogP contribution in [-0.4, -0.2) is 102 Å². The first-order valence-electron chi connectivity index (χ1n) is 16.2. The fourth-order valence-corrected chi connectivity index (χ4v) is 7.18. The summed E-state index contributed by atoms with van der Waals surface area (Å²) in [4.78, 5) is 45.5. The monoisotopic (exact) mass is 633 g/mol. The predicted octanol–water partition coefficient (Wildman–Crippen LogP) is 2.90. The van der Waals surface area contributed by atoms with E-state index in [2.05, 4.69) is 25.9 Å². The van der Waals surface area contributed by atoms with Crippen molar-refractivity contribution in [3.05, 3.63) is 94.5 Å². The standard InChI is InChI=1S/C36H43N9O2/c1-24-19-28(9-14-41-24)33(38)30-20-29(7-8-31(30)37)45-18-13-36(35(45)47)12-17-43(22-36)21-32(46)44-15-10-26(11-16-44)25-3-5-27(6-4-25)34(39)42-23-40-2/h3-10,14,19,23,29,38H,11-13,15-18,20-22,37H2,1-2H3,(H2,39,40,42). The lowest BCUT2D eigenvalue weighted by atomic mass is 9.85. The molecule has 11 nitrogen and oxygen atoms in total. The number of aryl methyl sites for hydroxylation is 1. The summed E-state index contributed by atoms with van der Waals surface area (Å²) < 4.78 is 0. The molecule has 5 N–H and O–H groups in total. The molecule has 1 aromatic carbocycles. The minimum absolute atomic E-state index is 0.0990. The van der Waals surface area contributed by atoms with Gasteiger partial charge in [-0.05, 0) is 62.1 Å². The molecule has 1 aliphatic carbocycles. The predicted molar refractivity (Wildman–Crippen MR) is 185 cm³/mol. The number of amides is 2. The number of aliphatic imine (C=N–C) groups is 2. The summed E-state index contributed by atoms with van der Waals surface area (Å²) in [7, 11) is 1.65. The average molecular weight is 634 g/mol. The van der Waals surface area contributed by atoms with Gasteiger partial charge in [-0.3, -0.25) is 29.9 Å². The first-order valence-corrected chi connectivity index (χ1v) is 16.2. The van der Waals surface area contributed by atoms with Crippen molar-refractivity contribution in [1.82, 2.24) is 19.7 Å². The van der Waals surface area contributed by atoms with Gasteiger partial charge in [0.05, 0.1) is 23.7 Å². The second kappa shape index (κ2) is 13.4. The molecular formula is C36H43N9O2. The molecule has 4 heterocycles. The molecule has 2 aromatic rings. The average Bonchev–Trinajstić information content (AvgIpc) is 3.65. The summed E-state index contributed by atoms with van der Waals surface area (Å²) in [6.07, 6.45) is 11.9. The number of nitrogens with zero attached hydrogens (tertiary/aromatic N) is 6. The first kappa shape index (κ1) is 32.1. The number of rotatable bonds is 8. The van der Waals surface area contributed by atoms with Gasteiger partial charge in [-0.25, -0.2) is 4.99 Å². The van der Waals surface area contributed by atoms with Crippen LogP contribution in [0.15, 0.2) is 82.1 Å². The van der Waals surface area contributed by atoms with Gasteiger partial charge in [0.1, 0.15) is 12.2 Å². The van der Waals surface area contributed by atoms with Crippen LogP contribution < -0.4 is 11.5 Å². The van der Waals surface area contributed by atoms with Gasteiger partial charge < -0.3 is 21.3 Å². The van der Waals surface area contributed by atoms with Crippen molar-refractivity contribution < 1.29 is 9.59 Å². The zero-order chi connectivity index (χ0) is 33.1. The van der Waals surface area contributed by atoms with Crippen molar-refractivity contribution >= 4 is 35.3 Å². The Bertz CT molecular complexity index is 1720. The van der Waals surface area contributed by atoms with E-state index in [0.717, 1.165) is 53.8 Å². The number of hydrogen-bond donors (Lipinski definition) is 3. The SMILES string of the molecule is CN=CN=C(N)c1ccc(C2=CCN(C(=O)CN3CCC4(CCN(C5C=CC(N)=C(C(=N)c6ccnc(C)c6)C5)C4=O)C3)CC2)cc1. The molecule has 244 valence electrons. The molecule has 6 rings (SSSR count). The molecule has 0 radical (unpaired) electrons. The number of allylic oxidation sites excluding steroid dienone is 1. The van der Waals surface area contributed by atoms with Crippen LogP contribution in [0.25, 0.3) is 5.57 Å². The van der Waals surface area contributed by atoms with E-state index in [1.165, 1.54) is 11.9 Å². The lowest BCUT2D eigenvalue weighted by molar-refractivity contribution is -0.137. The third-order valence-electron chi connectivity index (χ3n) is 9.91. The van der Waals surface area contributed by atoms with Crippen LogP contribution in [0.1, 0.15) is 48.1 Å². The fourth-order valence-electron chi connectivity index (χ4n) is 7.18. The Hall–Kier alpha value is -4.90. The summed E-state index contributed by atoms with van der Waals surface area (Å²) in [6, 6.07) is 11.5. The summed E-state index contributed by atoms with van der Waals surface area (Å²) in [6.45, 7) is 5.45. The Balaban J connectivity index is 1.02. The summed E-state index contributed by atoms with van der Waals surface area (Å²) in [5, 5.41) is 8.83. The molecule has 1 aromatic heterocycles. The maximum atomic E-state index is 13.9. The van der Waals surface area contributed by atoms with Crippen molar-refractivity contribution in [2.45, 2.75) is 38.6 Å². The number of carbonyl (C=O) groups excluding carboxylic acids is 2. The van der Waals surface area contributed by atoms with E-state index in [1.807, 2.05) is 65.3 Å². The highest BCUT2D eigenvalue weighted by atomic mass is 16.2. The minimum Gasteiger partial charge on any atom is -0.398 e. The second-order valence-electron chi connectivity index (χ2n) is 12.9. The Morgan fingerprint density at radius 2 is 1.94 bits per heavy atom. The van der Waals surface area contributed by atoms with E-state index >= 15 is 0 Å². The molecule has 11 heteroatoms. The first-order chi connectivity index (χ1) is 22.7. The summed E-state index contributed by atoms with van der Waals surface area (Å²) in [5.41, 5.74) is 18.4. The van der Waals surface area contributed by atoms with Gasteiger partial charge >= 0.3 is 0 Å². The van der Waals surface area contributed by atoms with E-state index in [-0.39, 0.29) is 17.9 Å². The second-order valence-corrected chi connectivity index (χ2v) is 12.9. The Kier molecular flexibility index (Phi) is 9.17. The topological polar surface area (TPSA) is 157 Å². The normalized spacial score (nSPS) is 23.8. The summed E-state index contributed by atoms with van der Waals surface area (Å²) >= 11 is 0. The van der Waals surface area contributed by atoms with Crippen molar-refractivity contribution in [1.29, 1.82) is 5.41 Å². The number of carbonyl (C=O) groups is 2. The molecule has 2 fully saturated rings. The highest BCUT2D eigenvalue weighted by Crippen LogP contribution is 2.42. The lowest BCUT2D eigenvalue weighted by Gasteiger charge is -2.31. The van der Waals surface area contributed by atoms with Crippen LogP contribution >= 0.6 is 0 Å². The lowest BCUT2D eigenvalue weighted by Crippen LogP contribution is -2.44. The maximum Gasteiger partial charge on any atom is 0.237 e. The summed E-state index contributed by atoms with van der Waals surface area (Å²) in [5.74, 6) is 0.668. The zero-order valence-corrected chi connectivity index (χ0v) is 27.2. The number of hydrogen-bond acceptors (Lipinski definition) is 7. The van der Waals surface area contributed by atoms with Gasteiger partial charge in [0, 0.05) is 73.9 Å². The van der Waals surface area contributed by atoms with Crippen molar-refractivity contribution in [3.8, 4) is 0 Å². The minimum atomic E-state index is -0.463. The van der Waals surface area contributed by atoms with Gasteiger partial charge in [-0.1, -0.05) is 36.4 Å². The van der Waals surface area contributed by atoms with Crippen molar-refractivity contribution in [2.75, 3.05) is 46.3 Å². The highest BCUT2D eigenvalue weighted by molar-refractivity contribution is 6.11. The molecule has 3 aliphatic heterocycles. The quantitative estimate of drug-likeness (QED) is 0.300. The number of pyridine rings is 1. The van der Waals surface area contributed by atoms with Gasteiger partial charge in [-0.15, -0.1) is 0 Å². The van der Waals surface area contributed by atoms with Crippen molar-refractivity contribution in [2.24, 2.45) is 26.9 Å². The number of nitrogens with one attached hydrogen (secondary N) is 1. The Labute approximate surface area is 275 Å². The van der Waals surface area contributed by atoms with Crippen LogP contribution in [0.5, 0.6) is 0 Å². The van der Waals surface area contributed by atoms with E-state index < -0.39 is 5.41 Å². The van der Waals surface area contributed by atoms with E-state index in [9.17, 15) is 9.59 Å². The van der Waals surface area contributed by atoms with Crippen LogP contribution in [0, 0.1) is 17.7 Å². The molecule has 2 amide bonds. The van der Waals surface area contributed by atoms with Crippen molar-refractivity contribution in [3.63, 3.8) is 0 Å². The molecule has 2 unspecified atom stereocenters. The maximum absolute atomic E-state index is 13.9. The van der Waals surface area contributed by atoms with Crippen LogP contribution in [0.3, 0.4) is 0 Å². The van der Waals surface area contributed by atoms with E-state index in [1.54, 1.807) is 13.2 Å². The highest BCUT2D eigenvalue weighted by Gasteiger charge is 2.52. The third kappa shape index (κ3) is 6.66. The molecule has 2 atom stereocenters. The van der Waals surface area contributed by atoms with Gasteiger partial charge in [0.25, 0.3) is 0 Å². The van der Waals surface area contributed by atoms with Crippen LogP contribution in [0.2, 0.25) is 0 Å². The fraction of sp³-hybridized carbons (Fsp3) is 0.389. The Morgan fingerprint density at radius 3 is 2.66 bits per heavy atom. The zero-order valence-electron chi connectivity index (χ0n) is 27.2. The third-order valence-corrected chi connectivity index (χ3v) is 9.91. The number of aromatic nitrogens is 1. The Morgan fingerprint density at radius 1 is 1.15 bits per heavy atom. The van der Waals surface area contributed by atoms with Crippen LogP contribution in [0.4, 0.5) is 0 Å². The molecule has 47 heavy (non-hydrogen) atoms. The van der Waals surface area contributed by atoms with Gasteiger partial charge in [0.2, 0.25) is 11.8 Å². The molecule has 0 bridgehead atoms. The van der Waals surface area contributed by atoms with Gasteiger partial charge in [0.15, 0.2) is 0 Å². The molecule has 0 saturated carbocycles. The largest absolute Gasteiger partial charge is 0.398 e. The molecule has 2 saturated heterocycles. The molecular weight excluding hydrogens is 590 g/mol. The number of benzene rings is 1. The number of amidine groups is 1. The number of nitrogens with two attached hydrogens (primary N) is 2. The molecule has 4 aliphatic rings. The smallest absolute Gasteiger partial charge is 0.237 e.